The van der Waals surface area contributed by atoms with Crippen molar-refractivity contribution in [2.45, 2.75) is 65.2 Å². The number of ether oxygens (including phenoxy) is 2. The fourth-order valence-corrected chi connectivity index (χ4v) is 5.10. The number of aliphatic carboxylic acids is 1. The van der Waals surface area contributed by atoms with Crippen LogP contribution in [-0.4, -0.2) is 36.2 Å². The summed E-state index contributed by atoms with van der Waals surface area (Å²) in [5.41, 5.74) is 4.56. The van der Waals surface area contributed by atoms with Crippen LogP contribution >= 0.6 is 0 Å². The molecular formula is C26H31NO5. The lowest BCUT2D eigenvalue weighted by Gasteiger charge is -2.45. The highest BCUT2D eigenvalue weighted by molar-refractivity contribution is 6.01. The highest BCUT2D eigenvalue weighted by Gasteiger charge is 2.46. The summed E-state index contributed by atoms with van der Waals surface area (Å²) in [5, 5.41) is 9.57. The fraction of sp³-hybridized carbons (Fsp3) is 0.462. The minimum atomic E-state index is -1.09. The number of carboxylic acids is 1. The van der Waals surface area contributed by atoms with E-state index in [0.717, 1.165) is 40.8 Å². The summed E-state index contributed by atoms with van der Waals surface area (Å²) in [4.78, 5) is 27.4. The van der Waals surface area contributed by atoms with Gasteiger partial charge in [0, 0.05) is 17.2 Å². The van der Waals surface area contributed by atoms with Crippen molar-refractivity contribution in [1.29, 1.82) is 0 Å². The fourth-order valence-electron chi connectivity index (χ4n) is 5.10. The SMILES string of the molecule is COc1ccccc1[C@H]1O[C@H](CC(=O)O)C(=O)N2c3c(cc(C)cc31)CC[C@H]2C(C)(C)C. The number of nitrogens with zero attached hydrogens (tertiary/aromatic N) is 1. The van der Waals surface area contributed by atoms with Crippen molar-refractivity contribution in [3.05, 3.63) is 58.7 Å². The first-order chi connectivity index (χ1) is 15.1. The van der Waals surface area contributed by atoms with Crippen LogP contribution in [0, 0.1) is 12.3 Å². The van der Waals surface area contributed by atoms with E-state index >= 15 is 0 Å². The number of aryl methyl sites for hydroxylation is 2. The largest absolute Gasteiger partial charge is 0.496 e. The smallest absolute Gasteiger partial charge is 0.306 e. The van der Waals surface area contributed by atoms with Crippen LogP contribution in [0.4, 0.5) is 5.69 Å². The van der Waals surface area contributed by atoms with E-state index < -0.39 is 18.2 Å². The van der Waals surface area contributed by atoms with Gasteiger partial charge < -0.3 is 19.5 Å². The lowest BCUT2D eigenvalue weighted by molar-refractivity contribution is -0.147. The number of benzene rings is 2. The van der Waals surface area contributed by atoms with E-state index in [1.165, 1.54) is 0 Å². The molecule has 0 saturated heterocycles. The van der Waals surface area contributed by atoms with Gasteiger partial charge in [-0.15, -0.1) is 0 Å². The van der Waals surface area contributed by atoms with Gasteiger partial charge in [-0.2, -0.15) is 0 Å². The molecule has 0 fully saturated rings. The molecule has 2 aromatic rings. The third kappa shape index (κ3) is 3.88. The number of carbonyl (C=O) groups is 2. The number of para-hydroxylation sites is 1. The van der Waals surface area contributed by atoms with Crippen LogP contribution in [0.2, 0.25) is 0 Å². The van der Waals surface area contributed by atoms with Crippen LogP contribution in [0.15, 0.2) is 36.4 Å². The highest BCUT2D eigenvalue weighted by atomic mass is 16.5. The number of rotatable bonds is 4. The Morgan fingerprint density at radius 3 is 2.59 bits per heavy atom. The van der Waals surface area contributed by atoms with Gasteiger partial charge in [0.2, 0.25) is 0 Å². The third-order valence-corrected chi connectivity index (χ3v) is 6.48. The summed E-state index contributed by atoms with van der Waals surface area (Å²) in [6.45, 7) is 8.41. The van der Waals surface area contributed by atoms with Crippen molar-refractivity contribution >= 4 is 17.6 Å². The third-order valence-electron chi connectivity index (χ3n) is 6.48. The molecule has 4 rings (SSSR count). The predicted octanol–water partition coefficient (Wildman–Crippen LogP) is 4.66. The van der Waals surface area contributed by atoms with Gasteiger partial charge in [-0.25, -0.2) is 0 Å². The van der Waals surface area contributed by atoms with E-state index in [-0.39, 0.29) is 23.8 Å². The van der Waals surface area contributed by atoms with E-state index in [2.05, 4.69) is 32.9 Å². The van der Waals surface area contributed by atoms with Crippen molar-refractivity contribution in [2.24, 2.45) is 5.41 Å². The van der Waals surface area contributed by atoms with Gasteiger partial charge in [0.05, 0.1) is 19.2 Å². The minimum Gasteiger partial charge on any atom is -0.496 e. The average Bonchev–Trinajstić information content (AvgIpc) is 2.84. The van der Waals surface area contributed by atoms with Gasteiger partial charge >= 0.3 is 5.97 Å². The van der Waals surface area contributed by atoms with Crippen LogP contribution in [0.3, 0.4) is 0 Å². The van der Waals surface area contributed by atoms with E-state index in [1.807, 2.05) is 36.1 Å². The molecule has 2 heterocycles. The number of carboxylic acid groups (broad SMARTS) is 1. The molecule has 3 atom stereocenters. The van der Waals surface area contributed by atoms with Gasteiger partial charge in [0.15, 0.2) is 0 Å². The number of hydrogen-bond donors (Lipinski definition) is 1. The second kappa shape index (κ2) is 8.24. The monoisotopic (exact) mass is 437 g/mol. The molecule has 0 bridgehead atoms. The number of amides is 1. The quantitative estimate of drug-likeness (QED) is 0.753. The Bertz CT molecular complexity index is 1050. The Labute approximate surface area is 189 Å². The van der Waals surface area contributed by atoms with Crippen molar-refractivity contribution in [3.63, 3.8) is 0 Å². The maximum Gasteiger partial charge on any atom is 0.306 e. The van der Waals surface area contributed by atoms with Gasteiger partial charge in [0.25, 0.3) is 5.91 Å². The Balaban J connectivity index is 1.99. The van der Waals surface area contributed by atoms with Crippen LogP contribution < -0.4 is 9.64 Å². The van der Waals surface area contributed by atoms with E-state index in [4.69, 9.17) is 9.47 Å². The first kappa shape index (κ1) is 22.3. The van der Waals surface area contributed by atoms with Crippen molar-refractivity contribution in [2.75, 3.05) is 12.0 Å². The lowest BCUT2D eigenvalue weighted by atomic mass is 9.78. The molecule has 0 radical (unpaired) electrons. The van der Waals surface area contributed by atoms with Crippen molar-refractivity contribution < 1.29 is 24.2 Å². The summed E-state index contributed by atoms with van der Waals surface area (Å²) in [6.07, 6.45) is -0.412. The lowest BCUT2D eigenvalue weighted by Crippen LogP contribution is -2.53. The summed E-state index contributed by atoms with van der Waals surface area (Å²) in [7, 11) is 1.60. The Kier molecular flexibility index (Phi) is 5.76. The zero-order valence-corrected chi connectivity index (χ0v) is 19.3. The standard InChI is InChI=1S/C26H31NO5/c1-15-12-16-10-11-21(26(2,3)4)27-23(16)18(13-15)24(17-8-6-7-9-19(17)31-5)32-20(25(27)30)14-22(28)29/h6-9,12-13,20-21,24H,10-11,14H2,1-5H3,(H,28,29)/t20-,21+,24-/m1/s1. The molecule has 170 valence electrons. The van der Waals surface area contributed by atoms with Crippen LogP contribution in [0.25, 0.3) is 0 Å². The number of hydrogen-bond acceptors (Lipinski definition) is 4. The summed E-state index contributed by atoms with van der Waals surface area (Å²) in [5.74, 6) is -0.699. The molecule has 0 saturated carbocycles. The zero-order valence-electron chi connectivity index (χ0n) is 19.3. The predicted molar refractivity (Wildman–Crippen MR) is 122 cm³/mol. The molecule has 32 heavy (non-hydrogen) atoms. The maximum absolute atomic E-state index is 13.8. The molecule has 6 nitrogen and oxygen atoms in total. The first-order valence-electron chi connectivity index (χ1n) is 11.1. The molecule has 2 aromatic carbocycles. The normalized spacial score (nSPS) is 22.8. The average molecular weight is 438 g/mol. The summed E-state index contributed by atoms with van der Waals surface area (Å²) >= 11 is 0. The molecular weight excluding hydrogens is 406 g/mol. The maximum atomic E-state index is 13.8. The second-order valence-corrected chi connectivity index (χ2v) is 9.84. The first-order valence-corrected chi connectivity index (χ1v) is 11.1. The molecule has 0 aromatic heterocycles. The molecule has 2 aliphatic heterocycles. The van der Waals surface area contributed by atoms with Crippen molar-refractivity contribution in [1.82, 2.24) is 0 Å². The van der Waals surface area contributed by atoms with Crippen molar-refractivity contribution in [3.8, 4) is 5.75 Å². The van der Waals surface area contributed by atoms with E-state index in [1.54, 1.807) is 7.11 Å². The minimum absolute atomic E-state index is 0.0553. The molecule has 0 spiro atoms. The molecule has 6 heteroatoms. The summed E-state index contributed by atoms with van der Waals surface area (Å²) < 4.78 is 12.0. The molecule has 1 N–H and O–H groups in total. The van der Waals surface area contributed by atoms with Gasteiger partial charge in [-0.3, -0.25) is 9.59 Å². The van der Waals surface area contributed by atoms with Crippen LogP contribution in [0.5, 0.6) is 5.75 Å². The Hall–Kier alpha value is -2.86. The van der Waals surface area contributed by atoms with Crippen LogP contribution in [0.1, 0.15) is 62.0 Å². The molecule has 1 amide bonds. The molecule has 2 aliphatic rings. The zero-order chi connectivity index (χ0) is 23.2. The number of methoxy groups -OCH3 is 1. The Morgan fingerprint density at radius 2 is 1.94 bits per heavy atom. The van der Waals surface area contributed by atoms with Crippen LogP contribution in [-0.2, 0) is 20.7 Å². The molecule has 0 aliphatic carbocycles. The Morgan fingerprint density at radius 1 is 1.22 bits per heavy atom. The van der Waals surface area contributed by atoms with Gasteiger partial charge in [-0.05, 0) is 36.8 Å². The highest BCUT2D eigenvalue weighted by Crippen LogP contribution is 2.48. The topological polar surface area (TPSA) is 76.1 Å². The molecule has 0 unspecified atom stereocenters. The number of carbonyl (C=O) groups excluding carboxylic acids is 1. The second-order valence-electron chi connectivity index (χ2n) is 9.84. The van der Waals surface area contributed by atoms with Gasteiger partial charge in [-0.1, -0.05) is 56.7 Å². The van der Waals surface area contributed by atoms with Gasteiger partial charge in [0.1, 0.15) is 18.0 Å². The summed E-state index contributed by atoms with van der Waals surface area (Å²) in [6, 6.07) is 11.7. The number of anilines is 1. The van der Waals surface area contributed by atoms with E-state index in [9.17, 15) is 14.7 Å². The van der Waals surface area contributed by atoms with E-state index in [0.29, 0.717) is 5.75 Å².